The van der Waals surface area contributed by atoms with Crippen molar-refractivity contribution in [2.24, 2.45) is 0 Å². The van der Waals surface area contributed by atoms with Gasteiger partial charge in [0.05, 0.1) is 0 Å². The maximum absolute atomic E-state index is 13.1. The van der Waals surface area contributed by atoms with Gasteiger partial charge in [-0.1, -0.05) is 12.1 Å². The fourth-order valence-electron chi connectivity index (χ4n) is 1.70. The Bertz CT molecular complexity index is 738. The molecule has 0 unspecified atom stereocenters. The van der Waals surface area contributed by atoms with E-state index in [4.69, 9.17) is 0 Å². The third-order valence-electron chi connectivity index (χ3n) is 2.66. The molecule has 100 valence electrons. The zero-order valence-electron chi connectivity index (χ0n) is 10.2. The number of carbonyl (C=O) groups is 1. The first-order chi connectivity index (χ1) is 9.72. The standard InChI is InChI=1S/C13H9FN4OS/c14-11-3-1-2-9(6-11)12(19)7-18-16-13(15-17-18)10-4-5-20-8-10/h1-6,8H,7H2. The number of hydrogen-bond donors (Lipinski definition) is 0. The van der Waals surface area contributed by atoms with Gasteiger partial charge in [0.25, 0.3) is 0 Å². The zero-order valence-corrected chi connectivity index (χ0v) is 11.0. The predicted molar refractivity (Wildman–Crippen MR) is 71.9 cm³/mol. The molecule has 0 bridgehead atoms. The summed E-state index contributed by atoms with van der Waals surface area (Å²) in [5.41, 5.74) is 1.15. The first-order valence-corrected chi connectivity index (χ1v) is 6.76. The summed E-state index contributed by atoms with van der Waals surface area (Å²) >= 11 is 1.53. The summed E-state index contributed by atoms with van der Waals surface area (Å²) in [5, 5.41) is 15.6. The summed E-state index contributed by atoms with van der Waals surface area (Å²) in [6.07, 6.45) is 0. The molecule has 7 heteroatoms. The minimum atomic E-state index is -0.443. The minimum absolute atomic E-state index is 0.0689. The SMILES string of the molecule is O=C(Cn1nnc(-c2ccsc2)n1)c1cccc(F)c1. The van der Waals surface area contributed by atoms with Crippen molar-refractivity contribution in [1.82, 2.24) is 20.2 Å². The van der Waals surface area contributed by atoms with Crippen LogP contribution in [-0.2, 0) is 6.54 Å². The van der Waals surface area contributed by atoms with Crippen molar-refractivity contribution in [2.45, 2.75) is 6.54 Å². The van der Waals surface area contributed by atoms with E-state index in [0.29, 0.717) is 11.4 Å². The second kappa shape index (κ2) is 5.30. The number of rotatable bonds is 4. The van der Waals surface area contributed by atoms with Crippen molar-refractivity contribution in [3.8, 4) is 11.4 Å². The molecule has 0 atom stereocenters. The van der Waals surface area contributed by atoms with Gasteiger partial charge in [-0.25, -0.2) is 4.39 Å². The molecule has 0 fully saturated rings. The Morgan fingerprint density at radius 1 is 1.35 bits per heavy atom. The highest BCUT2D eigenvalue weighted by Gasteiger charge is 2.11. The van der Waals surface area contributed by atoms with E-state index in [-0.39, 0.29) is 12.3 Å². The molecule has 20 heavy (non-hydrogen) atoms. The van der Waals surface area contributed by atoms with Gasteiger partial charge in [-0.15, -0.1) is 10.2 Å². The zero-order chi connectivity index (χ0) is 13.9. The lowest BCUT2D eigenvalue weighted by atomic mass is 10.1. The highest BCUT2D eigenvalue weighted by molar-refractivity contribution is 7.08. The van der Waals surface area contributed by atoms with E-state index in [9.17, 15) is 9.18 Å². The van der Waals surface area contributed by atoms with Crippen LogP contribution in [0.15, 0.2) is 41.1 Å². The fraction of sp³-hybridized carbons (Fsp3) is 0.0769. The lowest BCUT2D eigenvalue weighted by Gasteiger charge is -1.99. The second-order valence-electron chi connectivity index (χ2n) is 4.09. The molecule has 0 saturated heterocycles. The maximum Gasteiger partial charge on any atom is 0.205 e. The van der Waals surface area contributed by atoms with E-state index in [1.54, 1.807) is 6.07 Å². The molecule has 0 aliphatic heterocycles. The van der Waals surface area contributed by atoms with Crippen LogP contribution in [0.3, 0.4) is 0 Å². The lowest BCUT2D eigenvalue weighted by Crippen LogP contribution is -2.13. The van der Waals surface area contributed by atoms with Gasteiger partial charge in [-0.2, -0.15) is 16.1 Å². The van der Waals surface area contributed by atoms with Crippen molar-refractivity contribution in [3.05, 3.63) is 52.5 Å². The summed E-state index contributed by atoms with van der Waals surface area (Å²) in [4.78, 5) is 13.2. The van der Waals surface area contributed by atoms with E-state index in [0.717, 1.165) is 5.56 Å². The van der Waals surface area contributed by atoms with Gasteiger partial charge < -0.3 is 0 Å². The number of aromatic nitrogens is 4. The van der Waals surface area contributed by atoms with Gasteiger partial charge in [0, 0.05) is 16.5 Å². The fourth-order valence-corrected chi connectivity index (χ4v) is 2.33. The number of benzene rings is 1. The third kappa shape index (κ3) is 2.62. The summed E-state index contributed by atoms with van der Waals surface area (Å²) in [6, 6.07) is 7.41. The van der Waals surface area contributed by atoms with Crippen molar-refractivity contribution < 1.29 is 9.18 Å². The summed E-state index contributed by atoms with van der Waals surface area (Å²) < 4.78 is 13.1. The Kier molecular flexibility index (Phi) is 3.34. The van der Waals surface area contributed by atoms with Gasteiger partial charge >= 0.3 is 0 Å². The number of Topliss-reactive ketones (excluding diaryl/α,β-unsaturated/α-hetero) is 1. The van der Waals surface area contributed by atoms with Crippen molar-refractivity contribution in [2.75, 3.05) is 0 Å². The van der Waals surface area contributed by atoms with Crippen LogP contribution in [0.1, 0.15) is 10.4 Å². The number of ketones is 1. The molecule has 3 aromatic rings. The average molecular weight is 288 g/mol. The summed E-state index contributed by atoms with van der Waals surface area (Å²) in [7, 11) is 0. The van der Waals surface area contributed by atoms with Gasteiger partial charge in [-0.05, 0) is 28.8 Å². The van der Waals surface area contributed by atoms with Crippen molar-refractivity contribution >= 4 is 17.1 Å². The van der Waals surface area contributed by atoms with Gasteiger partial charge in [-0.3, -0.25) is 4.79 Å². The molecule has 0 amide bonds. The Hall–Kier alpha value is -2.41. The van der Waals surface area contributed by atoms with Crippen LogP contribution in [0.25, 0.3) is 11.4 Å². The van der Waals surface area contributed by atoms with Crippen LogP contribution >= 0.6 is 11.3 Å². The molecule has 0 N–H and O–H groups in total. The summed E-state index contributed by atoms with van der Waals surface area (Å²) in [5.74, 6) is -0.238. The normalized spacial score (nSPS) is 10.7. The molecule has 3 rings (SSSR count). The number of hydrogen-bond acceptors (Lipinski definition) is 5. The number of thiophene rings is 1. The second-order valence-corrected chi connectivity index (χ2v) is 4.87. The Balaban J connectivity index is 1.77. The maximum atomic E-state index is 13.1. The van der Waals surface area contributed by atoms with Crippen molar-refractivity contribution in [3.63, 3.8) is 0 Å². The number of carbonyl (C=O) groups excluding carboxylic acids is 1. The topological polar surface area (TPSA) is 60.7 Å². The van der Waals surface area contributed by atoms with E-state index in [2.05, 4.69) is 15.4 Å². The Morgan fingerprint density at radius 2 is 2.25 bits per heavy atom. The predicted octanol–water partition coefficient (Wildman–Crippen LogP) is 2.42. The largest absolute Gasteiger partial charge is 0.292 e. The van der Waals surface area contributed by atoms with Crippen molar-refractivity contribution in [1.29, 1.82) is 0 Å². The van der Waals surface area contributed by atoms with Gasteiger partial charge in [0.2, 0.25) is 5.82 Å². The molecule has 0 spiro atoms. The van der Waals surface area contributed by atoms with Crippen LogP contribution in [0.2, 0.25) is 0 Å². The molecule has 2 aromatic heterocycles. The summed E-state index contributed by atoms with van der Waals surface area (Å²) in [6.45, 7) is -0.0689. The molecular formula is C13H9FN4OS. The Labute approximate surface area is 117 Å². The van der Waals surface area contributed by atoms with E-state index in [1.807, 2.05) is 16.8 Å². The number of tetrazole rings is 1. The minimum Gasteiger partial charge on any atom is -0.292 e. The molecule has 0 aliphatic carbocycles. The molecule has 0 aliphatic rings. The highest BCUT2D eigenvalue weighted by Crippen LogP contribution is 2.16. The highest BCUT2D eigenvalue weighted by atomic mass is 32.1. The van der Waals surface area contributed by atoms with Crippen LogP contribution in [0.4, 0.5) is 4.39 Å². The van der Waals surface area contributed by atoms with Crippen LogP contribution < -0.4 is 0 Å². The van der Waals surface area contributed by atoms with Crippen LogP contribution in [0.5, 0.6) is 0 Å². The van der Waals surface area contributed by atoms with Crippen LogP contribution in [0, 0.1) is 5.82 Å². The third-order valence-corrected chi connectivity index (χ3v) is 3.35. The first kappa shape index (κ1) is 12.6. The number of halogens is 1. The first-order valence-electron chi connectivity index (χ1n) is 5.81. The molecule has 2 heterocycles. The van der Waals surface area contributed by atoms with Crippen LogP contribution in [-0.4, -0.2) is 26.0 Å². The molecule has 5 nitrogen and oxygen atoms in total. The quantitative estimate of drug-likeness (QED) is 0.692. The molecule has 0 saturated carbocycles. The lowest BCUT2D eigenvalue weighted by molar-refractivity contribution is 0.0961. The molecule has 1 aromatic carbocycles. The molecule has 0 radical (unpaired) electrons. The van der Waals surface area contributed by atoms with Gasteiger partial charge in [0.15, 0.2) is 5.78 Å². The van der Waals surface area contributed by atoms with Gasteiger partial charge in [0.1, 0.15) is 12.4 Å². The van der Waals surface area contributed by atoms with E-state index >= 15 is 0 Å². The monoisotopic (exact) mass is 288 g/mol. The van der Waals surface area contributed by atoms with E-state index in [1.165, 1.54) is 34.3 Å². The number of nitrogens with zero attached hydrogens (tertiary/aromatic N) is 4. The smallest absolute Gasteiger partial charge is 0.205 e. The van der Waals surface area contributed by atoms with E-state index < -0.39 is 5.82 Å². The Morgan fingerprint density at radius 3 is 3.00 bits per heavy atom. The molecular weight excluding hydrogens is 279 g/mol. The average Bonchev–Trinajstić information content (AvgIpc) is 3.08.